The lowest BCUT2D eigenvalue weighted by Crippen LogP contribution is -2.54. The Hall–Kier alpha value is -5.76. The lowest BCUT2D eigenvalue weighted by Gasteiger charge is -2.56. The monoisotopic (exact) mass is 1020 g/mol. The number of carbonyl (C=O) groups excluding carboxylic acids is 1. The Bertz CT molecular complexity index is 3160. The number of nitro groups is 1. The molecule has 19 heteroatoms. The summed E-state index contributed by atoms with van der Waals surface area (Å²) in [7, 11) is -8.73. The maximum Gasteiger partial charge on any atom is 0.297 e. The first kappa shape index (κ1) is 48.5. The van der Waals surface area contributed by atoms with Crippen LogP contribution in [0.15, 0.2) is 82.8 Å². The van der Waals surface area contributed by atoms with Gasteiger partial charge in [-0.1, -0.05) is 38.1 Å². The number of fused-ring (bicyclic) bond motifs is 2. The number of rotatable bonds is 13. The SMILES string of the molecule is CC(C)c1ccccc1[C@H]1CCCN1C1CC2(CCN(c3ccc(C(=O)NS(=O)(=O)c4cc5c(c([N+](=O)[O-])c4)N[C@@H]([C@H]4CC[C@](C)(O)CC4)CO5)c(Oc4cc5cc[nH]c5nc4S(=O)(=O)C4CC4)c3)CC2)C1. The van der Waals surface area contributed by atoms with Crippen LogP contribution in [0.25, 0.3) is 11.0 Å². The highest BCUT2D eigenvalue weighted by Gasteiger charge is 2.50. The number of ether oxygens (including phenoxy) is 2. The number of anilines is 2. The van der Waals surface area contributed by atoms with Gasteiger partial charge in [0.1, 0.15) is 18.0 Å². The largest absolute Gasteiger partial charge is 0.489 e. The standard InChI is InChI=1S/C53H63N7O10S2/c1-32(2)39-7-4-5-8-40(39)43-9-6-22-59(43)36-29-53(30-36)19-23-58(24-20-53)35-10-13-41(45(26-35)70-47-25-34-16-21-54-49(34)56-51(47)71(65,66)37-11-12-37)50(61)57-72(67,68)38-27-44(60(63)64)48-46(28-38)69-31-42(55-48)33-14-17-52(3,62)18-15-33/h4-5,7-8,10,13,16,21,25-28,32-33,36-37,42-43,55,62H,6,9,11-12,14-15,17-20,22-24,29-31H2,1-3H3,(H,54,56)(H,57,61)/t33-,42-,43-,52-/m1/s1. The number of carbonyl (C=O) groups is 1. The van der Waals surface area contributed by atoms with Crippen LogP contribution in [0.2, 0.25) is 0 Å². The van der Waals surface area contributed by atoms with E-state index in [1.807, 2.05) is 0 Å². The molecule has 72 heavy (non-hydrogen) atoms. The van der Waals surface area contributed by atoms with Gasteiger partial charge in [-0.2, -0.15) is 0 Å². The number of aromatic amines is 1. The third-order valence-electron chi connectivity index (χ3n) is 16.6. The molecule has 2 aromatic heterocycles. The average Bonchev–Trinajstić information content (AvgIpc) is 3.94. The predicted molar refractivity (Wildman–Crippen MR) is 272 cm³/mol. The summed E-state index contributed by atoms with van der Waals surface area (Å²) in [4.78, 5) is 38.1. The summed E-state index contributed by atoms with van der Waals surface area (Å²) in [5, 5.41) is 25.8. The van der Waals surface area contributed by atoms with Crippen LogP contribution in [0.4, 0.5) is 17.1 Å². The second-order valence-electron chi connectivity index (χ2n) is 21.9. The van der Waals surface area contributed by atoms with Crippen molar-refractivity contribution in [2.45, 2.75) is 143 Å². The van der Waals surface area contributed by atoms with E-state index >= 15 is 0 Å². The molecule has 1 amide bonds. The molecule has 4 N–H and O–H groups in total. The van der Waals surface area contributed by atoms with Gasteiger partial charge in [-0.25, -0.2) is 26.5 Å². The first-order valence-electron chi connectivity index (χ1n) is 25.5. The van der Waals surface area contributed by atoms with Gasteiger partial charge in [0.05, 0.1) is 32.3 Å². The molecule has 3 saturated carbocycles. The summed E-state index contributed by atoms with van der Waals surface area (Å²) < 4.78 is 70.7. The van der Waals surface area contributed by atoms with E-state index in [1.54, 1.807) is 37.4 Å². The van der Waals surface area contributed by atoms with Crippen molar-refractivity contribution in [3.05, 3.63) is 99.7 Å². The zero-order valence-corrected chi connectivity index (χ0v) is 42.6. The molecule has 5 heterocycles. The summed E-state index contributed by atoms with van der Waals surface area (Å²) in [5.41, 5.74) is 2.70. The number of aromatic nitrogens is 2. The van der Waals surface area contributed by atoms with Crippen molar-refractivity contribution in [2.75, 3.05) is 36.5 Å². The number of amides is 1. The number of sulfonamides is 1. The normalized spacial score (nSPS) is 24.6. The number of hydrogen-bond acceptors (Lipinski definition) is 14. The molecule has 2 atom stereocenters. The minimum atomic E-state index is -4.79. The predicted octanol–water partition coefficient (Wildman–Crippen LogP) is 9.14. The number of benzene rings is 3. The Labute approximate surface area is 420 Å². The zero-order valence-electron chi connectivity index (χ0n) is 40.9. The van der Waals surface area contributed by atoms with Crippen LogP contribution in [0.3, 0.4) is 0 Å². The summed E-state index contributed by atoms with van der Waals surface area (Å²) in [5.74, 6) is -0.806. The fourth-order valence-electron chi connectivity index (χ4n) is 12.3. The Kier molecular flexibility index (Phi) is 12.3. The van der Waals surface area contributed by atoms with E-state index < -0.39 is 52.1 Å². The molecule has 5 fully saturated rings. The smallest absolute Gasteiger partial charge is 0.297 e. The van der Waals surface area contributed by atoms with E-state index in [2.05, 4.69) is 67.9 Å². The molecule has 382 valence electrons. The second kappa shape index (κ2) is 18.3. The zero-order chi connectivity index (χ0) is 50.3. The van der Waals surface area contributed by atoms with Crippen LogP contribution < -0.4 is 24.4 Å². The van der Waals surface area contributed by atoms with Gasteiger partial charge in [0.2, 0.25) is 14.9 Å². The summed E-state index contributed by atoms with van der Waals surface area (Å²) in [6, 6.07) is 19.7. The fourth-order valence-corrected chi connectivity index (χ4v) is 14.9. The fraction of sp³-hybridized carbons (Fsp3) is 0.509. The second-order valence-corrected chi connectivity index (χ2v) is 25.7. The van der Waals surface area contributed by atoms with E-state index in [4.69, 9.17) is 9.47 Å². The van der Waals surface area contributed by atoms with Crippen LogP contribution in [-0.2, 0) is 19.9 Å². The van der Waals surface area contributed by atoms with Crippen LogP contribution in [-0.4, -0.2) is 96.8 Å². The van der Waals surface area contributed by atoms with E-state index in [9.17, 15) is 36.9 Å². The van der Waals surface area contributed by atoms with Crippen LogP contribution in [0.1, 0.15) is 131 Å². The lowest BCUT2D eigenvalue weighted by molar-refractivity contribution is -0.384. The van der Waals surface area contributed by atoms with Crippen molar-refractivity contribution >= 4 is 53.9 Å². The van der Waals surface area contributed by atoms with Gasteiger partial charge in [-0.3, -0.25) is 19.8 Å². The van der Waals surface area contributed by atoms with Gasteiger partial charge in [0.15, 0.2) is 17.2 Å². The third kappa shape index (κ3) is 9.19. The highest BCUT2D eigenvalue weighted by Crippen LogP contribution is 2.55. The van der Waals surface area contributed by atoms with Gasteiger partial charge in [0.25, 0.3) is 21.6 Å². The molecule has 11 rings (SSSR count). The number of pyridine rings is 1. The summed E-state index contributed by atoms with van der Waals surface area (Å²) in [6.45, 7) is 9.03. The van der Waals surface area contributed by atoms with Gasteiger partial charge < -0.3 is 29.8 Å². The van der Waals surface area contributed by atoms with Crippen molar-refractivity contribution in [3.63, 3.8) is 0 Å². The maximum absolute atomic E-state index is 14.4. The Morgan fingerprint density at radius 1 is 0.944 bits per heavy atom. The molecular weight excluding hydrogens is 959 g/mol. The number of piperidine rings is 1. The molecule has 0 bridgehead atoms. The van der Waals surface area contributed by atoms with E-state index in [0.29, 0.717) is 73.2 Å². The maximum atomic E-state index is 14.4. The third-order valence-corrected chi connectivity index (χ3v) is 20.1. The van der Waals surface area contributed by atoms with Gasteiger partial charge >= 0.3 is 0 Å². The molecule has 17 nitrogen and oxygen atoms in total. The van der Waals surface area contributed by atoms with E-state index in [1.165, 1.54) is 30.0 Å². The average molecular weight is 1020 g/mol. The molecule has 3 aliphatic heterocycles. The molecule has 3 aliphatic carbocycles. The quantitative estimate of drug-likeness (QED) is 0.0637. The van der Waals surface area contributed by atoms with Crippen molar-refractivity contribution in [1.82, 2.24) is 19.6 Å². The number of H-pyrrole nitrogens is 1. The highest BCUT2D eigenvalue weighted by molar-refractivity contribution is 7.92. The molecule has 0 unspecified atom stereocenters. The van der Waals surface area contributed by atoms with E-state index in [0.717, 1.165) is 57.5 Å². The summed E-state index contributed by atoms with van der Waals surface area (Å²) in [6.07, 6.45) is 11.7. The number of likely N-dealkylation sites (tertiary alicyclic amines) is 1. The number of nitrogens with zero attached hydrogens (tertiary/aromatic N) is 4. The van der Waals surface area contributed by atoms with Crippen LogP contribution in [0.5, 0.6) is 17.2 Å². The number of sulfone groups is 1. The van der Waals surface area contributed by atoms with Crippen molar-refractivity contribution in [1.29, 1.82) is 0 Å². The first-order chi connectivity index (χ1) is 34.4. The van der Waals surface area contributed by atoms with Gasteiger partial charge in [0, 0.05) is 60.6 Å². The van der Waals surface area contributed by atoms with Gasteiger partial charge in [-0.05, 0) is 143 Å². The summed E-state index contributed by atoms with van der Waals surface area (Å²) >= 11 is 0. The van der Waals surface area contributed by atoms with Crippen molar-refractivity contribution < 1.29 is 41.1 Å². The number of hydrogen-bond donors (Lipinski definition) is 4. The minimum absolute atomic E-state index is 0.0411. The molecule has 6 aliphatic rings. The van der Waals surface area contributed by atoms with Crippen LogP contribution >= 0.6 is 0 Å². The number of nitro benzene ring substituents is 1. The molecule has 5 aromatic rings. The Balaban J connectivity index is 0.853. The first-order valence-corrected chi connectivity index (χ1v) is 28.5. The van der Waals surface area contributed by atoms with Crippen LogP contribution in [0, 0.1) is 21.4 Å². The molecular formula is C53H63N7O10S2. The minimum Gasteiger partial charge on any atom is -0.489 e. The van der Waals surface area contributed by atoms with E-state index in [-0.39, 0.29) is 57.5 Å². The Morgan fingerprint density at radius 2 is 1.69 bits per heavy atom. The number of aliphatic hydroxyl groups is 1. The number of nitrogens with one attached hydrogen (secondary N) is 3. The van der Waals surface area contributed by atoms with Crippen molar-refractivity contribution in [3.8, 4) is 17.2 Å². The lowest BCUT2D eigenvalue weighted by atomic mass is 9.59. The Morgan fingerprint density at radius 3 is 2.42 bits per heavy atom. The molecule has 2 saturated heterocycles. The molecule has 0 radical (unpaired) electrons. The van der Waals surface area contributed by atoms with Crippen molar-refractivity contribution in [2.24, 2.45) is 11.3 Å². The molecule has 1 spiro atoms. The topological polar surface area (TPSA) is 226 Å². The molecule has 3 aromatic carbocycles. The van der Waals surface area contributed by atoms with Gasteiger partial charge in [-0.15, -0.1) is 0 Å². The highest BCUT2D eigenvalue weighted by atomic mass is 32.2.